The summed E-state index contributed by atoms with van der Waals surface area (Å²) >= 11 is 0. The second-order valence-electron chi connectivity index (χ2n) is 8.17. The number of benzene rings is 1. The van der Waals surface area contributed by atoms with Crippen molar-refractivity contribution in [1.82, 2.24) is 10.6 Å². The molecule has 0 spiro atoms. The van der Waals surface area contributed by atoms with Crippen molar-refractivity contribution in [2.24, 2.45) is 11.8 Å². The van der Waals surface area contributed by atoms with Crippen LogP contribution in [-0.4, -0.2) is 44.1 Å². The number of amides is 2. The number of rotatable bonds is 5. The van der Waals surface area contributed by atoms with Crippen molar-refractivity contribution in [2.45, 2.75) is 44.6 Å². The molecule has 2 amide bonds. The van der Waals surface area contributed by atoms with Crippen LogP contribution in [0.4, 0.5) is 0 Å². The SMILES string of the molecule is O=C(C[C@@H]1C/C=C\CCC(=O)N[C@H](c2ccccc2)COC1=O)NCC1CCOCC1. The smallest absolute Gasteiger partial charge is 0.309 e. The zero-order valence-corrected chi connectivity index (χ0v) is 17.9. The van der Waals surface area contributed by atoms with Gasteiger partial charge in [-0.1, -0.05) is 42.5 Å². The molecule has 168 valence electrons. The standard InChI is InChI=1S/C24H32N2O5/c27-22-10-6-2-5-9-20(15-23(28)25-16-18-11-13-30-14-12-18)24(29)31-17-21(26-22)19-7-3-1-4-8-19/h1-5,7-8,18,20-21H,6,9-17H2,(H,25,28)(H,26,27)/b5-2-/t20-,21-/m0/s1. The number of cyclic esters (lactones) is 1. The van der Waals surface area contributed by atoms with E-state index in [1.165, 1.54) is 0 Å². The van der Waals surface area contributed by atoms with Gasteiger partial charge in [-0.05, 0) is 37.2 Å². The number of esters is 1. The van der Waals surface area contributed by atoms with Crippen molar-refractivity contribution < 1.29 is 23.9 Å². The summed E-state index contributed by atoms with van der Waals surface area (Å²) in [5, 5.41) is 5.91. The molecular weight excluding hydrogens is 396 g/mol. The van der Waals surface area contributed by atoms with Gasteiger partial charge in [-0.25, -0.2) is 0 Å². The molecule has 1 aromatic rings. The minimum absolute atomic E-state index is 0.0402. The largest absolute Gasteiger partial charge is 0.463 e. The highest BCUT2D eigenvalue weighted by molar-refractivity contribution is 5.83. The third-order valence-electron chi connectivity index (χ3n) is 5.75. The number of nitrogens with one attached hydrogen (secondary N) is 2. The minimum Gasteiger partial charge on any atom is -0.463 e. The average molecular weight is 429 g/mol. The molecule has 3 rings (SSSR count). The highest BCUT2D eigenvalue weighted by Gasteiger charge is 2.25. The highest BCUT2D eigenvalue weighted by atomic mass is 16.5. The van der Waals surface area contributed by atoms with E-state index in [9.17, 15) is 14.4 Å². The first kappa shape index (κ1) is 23.0. The van der Waals surface area contributed by atoms with Crippen molar-refractivity contribution in [1.29, 1.82) is 0 Å². The second-order valence-corrected chi connectivity index (χ2v) is 8.17. The first-order valence-corrected chi connectivity index (χ1v) is 11.1. The van der Waals surface area contributed by atoms with E-state index in [1.54, 1.807) is 0 Å². The number of carbonyl (C=O) groups excluding carboxylic acids is 3. The maximum absolute atomic E-state index is 12.8. The van der Waals surface area contributed by atoms with E-state index in [4.69, 9.17) is 9.47 Å². The number of ether oxygens (including phenoxy) is 2. The molecule has 31 heavy (non-hydrogen) atoms. The monoisotopic (exact) mass is 428 g/mol. The van der Waals surface area contributed by atoms with Crippen LogP contribution in [0.1, 0.15) is 50.1 Å². The normalized spacial score (nSPS) is 24.8. The molecule has 0 aromatic heterocycles. The van der Waals surface area contributed by atoms with Crippen LogP contribution in [0, 0.1) is 11.8 Å². The molecule has 0 aliphatic carbocycles. The molecule has 1 saturated heterocycles. The van der Waals surface area contributed by atoms with Gasteiger partial charge in [0.2, 0.25) is 11.8 Å². The molecular formula is C24H32N2O5. The lowest BCUT2D eigenvalue weighted by Crippen LogP contribution is -2.35. The third kappa shape index (κ3) is 7.83. The predicted octanol–water partition coefficient (Wildman–Crippen LogP) is 2.68. The van der Waals surface area contributed by atoms with Crippen LogP contribution in [0.3, 0.4) is 0 Å². The van der Waals surface area contributed by atoms with Gasteiger partial charge >= 0.3 is 5.97 Å². The van der Waals surface area contributed by atoms with Crippen LogP contribution >= 0.6 is 0 Å². The number of allylic oxidation sites excluding steroid dienone is 2. The van der Waals surface area contributed by atoms with E-state index >= 15 is 0 Å². The molecule has 2 aliphatic rings. The molecule has 2 N–H and O–H groups in total. The lowest BCUT2D eigenvalue weighted by Gasteiger charge is -2.23. The Morgan fingerprint density at radius 3 is 2.65 bits per heavy atom. The van der Waals surface area contributed by atoms with Crippen molar-refractivity contribution in [3.8, 4) is 0 Å². The van der Waals surface area contributed by atoms with E-state index in [-0.39, 0.29) is 24.8 Å². The molecule has 2 atom stereocenters. The molecule has 0 saturated carbocycles. The van der Waals surface area contributed by atoms with Crippen LogP contribution < -0.4 is 10.6 Å². The summed E-state index contributed by atoms with van der Waals surface area (Å²) in [5.41, 5.74) is 0.877. The summed E-state index contributed by atoms with van der Waals surface area (Å²) < 4.78 is 10.9. The quantitative estimate of drug-likeness (QED) is 0.556. The van der Waals surface area contributed by atoms with Crippen molar-refractivity contribution in [3.05, 3.63) is 48.0 Å². The van der Waals surface area contributed by atoms with Gasteiger partial charge in [0.05, 0.1) is 12.0 Å². The average Bonchev–Trinajstić information content (AvgIpc) is 2.79. The Kier molecular flexibility index (Phi) is 9.09. The van der Waals surface area contributed by atoms with E-state index in [2.05, 4.69) is 10.6 Å². The third-order valence-corrected chi connectivity index (χ3v) is 5.75. The molecule has 2 heterocycles. The van der Waals surface area contributed by atoms with Crippen molar-refractivity contribution in [3.63, 3.8) is 0 Å². The fraction of sp³-hybridized carbons (Fsp3) is 0.542. The Bertz CT molecular complexity index is 758. The van der Waals surface area contributed by atoms with Gasteiger partial charge in [-0.2, -0.15) is 0 Å². The van der Waals surface area contributed by atoms with E-state index in [0.29, 0.717) is 31.7 Å². The maximum atomic E-state index is 12.8. The summed E-state index contributed by atoms with van der Waals surface area (Å²) in [6, 6.07) is 9.04. The van der Waals surface area contributed by atoms with Crippen LogP contribution in [0.5, 0.6) is 0 Å². The molecule has 0 bridgehead atoms. The number of carbonyl (C=O) groups is 3. The second kappa shape index (κ2) is 12.2. The first-order chi connectivity index (χ1) is 15.1. The lowest BCUT2D eigenvalue weighted by molar-refractivity contribution is -0.151. The van der Waals surface area contributed by atoms with Gasteiger partial charge in [0, 0.05) is 32.6 Å². The minimum atomic E-state index is -0.544. The zero-order chi connectivity index (χ0) is 21.9. The predicted molar refractivity (Wildman–Crippen MR) is 116 cm³/mol. The number of hydrogen-bond acceptors (Lipinski definition) is 5. The highest BCUT2D eigenvalue weighted by Crippen LogP contribution is 2.19. The van der Waals surface area contributed by atoms with Gasteiger partial charge in [0.1, 0.15) is 6.61 Å². The Morgan fingerprint density at radius 2 is 1.87 bits per heavy atom. The molecule has 2 aliphatic heterocycles. The van der Waals surface area contributed by atoms with Crippen LogP contribution in [0.15, 0.2) is 42.5 Å². The molecule has 0 radical (unpaired) electrons. The maximum Gasteiger partial charge on any atom is 0.309 e. The van der Waals surface area contributed by atoms with Crippen LogP contribution in [-0.2, 0) is 23.9 Å². The fourth-order valence-corrected chi connectivity index (χ4v) is 3.82. The zero-order valence-electron chi connectivity index (χ0n) is 17.9. The van der Waals surface area contributed by atoms with Crippen LogP contribution in [0.2, 0.25) is 0 Å². The fourth-order valence-electron chi connectivity index (χ4n) is 3.82. The Labute approximate surface area is 183 Å². The molecule has 1 fully saturated rings. The Hall–Kier alpha value is -2.67. The lowest BCUT2D eigenvalue weighted by atomic mass is 9.98. The van der Waals surface area contributed by atoms with E-state index in [1.807, 2.05) is 42.5 Å². The van der Waals surface area contributed by atoms with Gasteiger partial charge in [-0.3, -0.25) is 14.4 Å². The Balaban J connectivity index is 1.59. The molecule has 0 unspecified atom stereocenters. The summed E-state index contributed by atoms with van der Waals surface area (Å²) in [7, 11) is 0. The van der Waals surface area contributed by atoms with Gasteiger partial charge in [0.15, 0.2) is 0 Å². The van der Waals surface area contributed by atoms with Gasteiger partial charge in [-0.15, -0.1) is 0 Å². The topological polar surface area (TPSA) is 93.7 Å². The molecule has 7 nitrogen and oxygen atoms in total. The summed E-state index contributed by atoms with van der Waals surface area (Å²) in [6.07, 6.45) is 7.10. The van der Waals surface area contributed by atoms with E-state index in [0.717, 1.165) is 31.6 Å². The van der Waals surface area contributed by atoms with Crippen molar-refractivity contribution in [2.75, 3.05) is 26.4 Å². The van der Waals surface area contributed by atoms with Gasteiger partial charge < -0.3 is 20.1 Å². The first-order valence-electron chi connectivity index (χ1n) is 11.1. The van der Waals surface area contributed by atoms with Crippen LogP contribution in [0.25, 0.3) is 0 Å². The van der Waals surface area contributed by atoms with E-state index < -0.39 is 17.9 Å². The molecule has 7 heteroatoms. The summed E-state index contributed by atoms with van der Waals surface area (Å²) in [5.74, 6) is -0.753. The number of hydrogen-bond donors (Lipinski definition) is 2. The molecule has 1 aromatic carbocycles. The summed E-state index contributed by atoms with van der Waals surface area (Å²) in [4.78, 5) is 37.5. The van der Waals surface area contributed by atoms with Gasteiger partial charge in [0.25, 0.3) is 0 Å². The summed E-state index contributed by atoms with van der Waals surface area (Å²) in [6.45, 7) is 2.12. The van der Waals surface area contributed by atoms with Crippen molar-refractivity contribution >= 4 is 17.8 Å². The Morgan fingerprint density at radius 1 is 1.10 bits per heavy atom.